The molecule has 6 heteroatoms. The summed E-state index contributed by atoms with van der Waals surface area (Å²) in [6, 6.07) is 117. The number of rotatable bonds is 11. The number of benzene rings is 12. The average Bonchev–Trinajstić information content (AvgIpc) is 3.40. The molecule has 16 rings (SSSR count). The Morgan fingerprint density at radius 2 is 0.675 bits per heavy atom. The van der Waals surface area contributed by atoms with Gasteiger partial charge in [-0.15, -0.1) is 22.7 Å². The molecule has 83 heavy (non-hydrogen) atoms. The zero-order valence-electron chi connectivity index (χ0n) is 45.2. The molecule has 0 aliphatic heterocycles. The number of fused-ring (bicyclic) bond motifs is 9. The fourth-order valence-corrected chi connectivity index (χ4v) is 25.8. The van der Waals surface area contributed by atoms with E-state index in [2.05, 4.69) is 314 Å². The van der Waals surface area contributed by atoms with E-state index in [0.717, 1.165) is 16.9 Å². The van der Waals surface area contributed by atoms with Crippen LogP contribution < -0.4 is 41.5 Å². The Kier molecular flexibility index (Phi) is 12.0. The predicted octanol–water partition coefficient (Wildman–Crippen LogP) is 15.0. The maximum atomic E-state index is 5.18. The highest BCUT2D eigenvalue weighted by atomic mass is 32.1. The molecule has 0 fully saturated rings. The van der Waals surface area contributed by atoms with Gasteiger partial charge in [0.25, 0.3) is 0 Å². The third kappa shape index (κ3) is 7.82. The number of hydrogen-bond acceptors (Lipinski definition) is 3. The second-order valence-corrected chi connectivity index (χ2v) is 31.4. The standard InChI is InChI=1S/C77H52N2S2Si2/c1-6-25-55(26-7-1)79-71-45-43-62(82(56-27-8-2-9-28-56,57-29-10-3-11-30-57)60-35-20-23-53(49-60)64-39-22-40-67-65-37-16-18-41-73(65)80-76(64)67)51-69(71)70-52-63(44-46-72(70)79)83(58-31-12-4-13-32-58,59-33-14-5-15-34-59)61-36-21-24-54(50-61)75-77-68(47-48-78-75)66-38-17-19-42-74(66)81-77/h1-52H. The minimum absolute atomic E-state index is 1.02. The molecule has 0 spiro atoms. The van der Waals surface area contributed by atoms with E-state index < -0.39 is 16.1 Å². The molecule has 0 amide bonds. The van der Waals surface area contributed by atoms with Gasteiger partial charge in [-0.3, -0.25) is 4.98 Å². The van der Waals surface area contributed by atoms with E-state index in [0.29, 0.717) is 0 Å². The van der Waals surface area contributed by atoms with Crippen molar-refractivity contribution in [1.82, 2.24) is 9.55 Å². The third-order valence-electron chi connectivity index (χ3n) is 17.3. The van der Waals surface area contributed by atoms with Gasteiger partial charge in [0.2, 0.25) is 0 Å². The van der Waals surface area contributed by atoms with Crippen molar-refractivity contribution in [2.24, 2.45) is 0 Å². The molecular formula is C77H52N2S2Si2. The van der Waals surface area contributed by atoms with Gasteiger partial charge in [-0.1, -0.05) is 267 Å². The van der Waals surface area contributed by atoms with E-state index in [1.54, 1.807) is 0 Å². The van der Waals surface area contributed by atoms with E-state index in [4.69, 9.17) is 4.98 Å². The van der Waals surface area contributed by atoms with E-state index in [-0.39, 0.29) is 0 Å². The molecule has 390 valence electrons. The third-order valence-corrected chi connectivity index (χ3v) is 29.3. The van der Waals surface area contributed by atoms with Crippen LogP contribution in [-0.2, 0) is 0 Å². The molecule has 0 aliphatic rings. The summed E-state index contributed by atoms with van der Waals surface area (Å²) < 4.78 is 7.62. The first-order chi connectivity index (χ1) is 41.2. The first-order valence-corrected chi connectivity index (χ1v) is 34.0. The molecule has 0 aliphatic carbocycles. The molecule has 0 atom stereocenters. The molecular weight excluding hydrogens is 1070 g/mol. The van der Waals surface area contributed by atoms with Crippen molar-refractivity contribution in [3.8, 4) is 28.1 Å². The number of para-hydroxylation sites is 1. The van der Waals surface area contributed by atoms with E-state index in [1.807, 2.05) is 28.9 Å². The Bertz CT molecular complexity index is 4710. The number of aromatic nitrogens is 2. The highest BCUT2D eigenvalue weighted by Crippen LogP contribution is 2.41. The highest BCUT2D eigenvalue weighted by molar-refractivity contribution is 7.27. The maximum absolute atomic E-state index is 5.18. The summed E-state index contributed by atoms with van der Waals surface area (Å²) in [6.07, 6.45) is 1.99. The van der Waals surface area contributed by atoms with Crippen molar-refractivity contribution in [3.05, 3.63) is 316 Å². The van der Waals surface area contributed by atoms with Gasteiger partial charge in [-0.25, -0.2) is 0 Å². The lowest BCUT2D eigenvalue weighted by Crippen LogP contribution is -2.74. The van der Waals surface area contributed by atoms with Crippen LogP contribution in [0.15, 0.2) is 316 Å². The van der Waals surface area contributed by atoms with Crippen molar-refractivity contribution in [2.75, 3.05) is 0 Å². The quantitative estimate of drug-likeness (QED) is 0.0932. The molecule has 0 saturated carbocycles. The van der Waals surface area contributed by atoms with Gasteiger partial charge >= 0.3 is 0 Å². The molecule has 0 saturated heterocycles. The Labute approximate surface area is 492 Å². The zero-order chi connectivity index (χ0) is 54.9. The van der Waals surface area contributed by atoms with Gasteiger partial charge in [0.05, 0.1) is 21.4 Å². The van der Waals surface area contributed by atoms with E-state index in [1.165, 1.54) is 115 Å². The minimum atomic E-state index is -3.14. The molecule has 0 radical (unpaired) electrons. The van der Waals surface area contributed by atoms with Gasteiger partial charge < -0.3 is 4.57 Å². The van der Waals surface area contributed by atoms with Gasteiger partial charge in [0.1, 0.15) is 0 Å². The van der Waals surface area contributed by atoms with Crippen molar-refractivity contribution in [2.45, 2.75) is 0 Å². The summed E-state index contributed by atoms with van der Waals surface area (Å²) in [5.74, 6) is 0. The fraction of sp³-hybridized carbons (Fsp3) is 0. The normalized spacial score (nSPS) is 12.1. The van der Waals surface area contributed by atoms with Crippen LogP contribution in [-0.4, -0.2) is 25.7 Å². The van der Waals surface area contributed by atoms with Crippen LogP contribution in [0.3, 0.4) is 0 Å². The molecule has 12 aromatic carbocycles. The summed E-state index contributed by atoms with van der Waals surface area (Å²) in [6.45, 7) is 0. The highest BCUT2D eigenvalue weighted by Gasteiger charge is 2.44. The molecule has 4 heterocycles. The van der Waals surface area contributed by atoms with E-state index in [9.17, 15) is 0 Å². The topological polar surface area (TPSA) is 17.8 Å². The van der Waals surface area contributed by atoms with Crippen LogP contribution in [0.5, 0.6) is 0 Å². The fourth-order valence-electron chi connectivity index (χ4n) is 13.7. The maximum Gasteiger partial charge on any atom is 0.179 e. The Balaban J connectivity index is 0.974. The van der Waals surface area contributed by atoms with Crippen molar-refractivity contribution in [1.29, 1.82) is 0 Å². The first-order valence-electron chi connectivity index (χ1n) is 28.4. The second-order valence-electron chi connectivity index (χ2n) is 21.7. The van der Waals surface area contributed by atoms with Crippen LogP contribution in [0.25, 0.3) is 90.2 Å². The van der Waals surface area contributed by atoms with Crippen LogP contribution in [0.4, 0.5) is 0 Å². The average molecular weight is 1130 g/mol. The Morgan fingerprint density at radius 1 is 0.277 bits per heavy atom. The van der Waals surface area contributed by atoms with Crippen LogP contribution in [0, 0.1) is 0 Å². The van der Waals surface area contributed by atoms with Gasteiger partial charge in [0, 0.05) is 63.9 Å². The lowest BCUT2D eigenvalue weighted by Gasteiger charge is -2.35. The zero-order valence-corrected chi connectivity index (χ0v) is 48.9. The summed E-state index contributed by atoms with van der Waals surface area (Å²) >= 11 is 3.73. The van der Waals surface area contributed by atoms with Crippen molar-refractivity contribution < 1.29 is 0 Å². The molecule has 4 aromatic heterocycles. The van der Waals surface area contributed by atoms with Crippen molar-refractivity contribution >= 4 is 142 Å². The smallest absolute Gasteiger partial charge is 0.179 e. The number of pyridine rings is 1. The SMILES string of the molecule is c1ccc(-n2c3ccc([Si](c4ccccc4)(c4ccccc4)c4cccc(-c5cccc6c5sc5ccccc56)c4)cc3c3cc([Si](c4ccccc4)(c4ccccc4)c4cccc(-c5nccc6c5sc5ccccc56)c4)ccc32)cc1. The summed E-state index contributed by atoms with van der Waals surface area (Å²) in [5, 5.41) is 18.3. The molecule has 0 bridgehead atoms. The monoisotopic (exact) mass is 1120 g/mol. The van der Waals surface area contributed by atoms with Crippen LogP contribution in [0.2, 0.25) is 0 Å². The van der Waals surface area contributed by atoms with Crippen molar-refractivity contribution in [3.63, 3.8) is 0 Å². The molecule has 0 unspecified atom stereocenters. The molecule has 0 N–H and O–H groups in total. The summed E-state index contributed by atoms with van der Waals surface area (Å²) in [7, 11) is -6.26. The van der Waals surface area contributed by atoms with Crippen LogP contribution in [0.1, 0.15) is 0 Å². The van der Waals surface area contributed by atoms with E-state index >= 15 is 0 Å². The lowest BCUT2D eigenvalue weighted by molar-refractivity contribution is 1.18. The van der Waals surface area contributed by atoms with Gasteiger partial charge in [-0.2, -0.15) is 0 Å². The van der Waals surface area contributed by atoms with Crippen LogP contribution >= 0.6 is 22.7 Å². The lowest BCUT2D eigenvalue weighted by atomic mass is 10.0. The predicted molar refractivity (Wildman–Crippen MR) is 362 cm³/mol. The molecule has 2 nitrogen and oxygen atoms in total. The molecule has 16 aromatic rings. The summed E-state index contributed by atoms with van der Waals surface area (Å²) in [5.41, 5.74) is 8.15. The Hall–Kier alpha value is -9.54. The minimum Gasteiger partial charge on any atom is -0.309 e. The van der Waals surface area contributed by atoms with Gasteiger partial charge in [-0.05, 0) is 95.1 Å². The summed E-state index contributed by atoms with van der Waals surface area (Å²) in [4.78, 5) is 5.18. The number of hydrogen-bond donors (Lipinski definition) is 0. The Morgan fingerprint density at radius 3 is 1.20 bits per heavy atom. The number of nitrogens with zero attached hydrogens (tertiary/aromatic N) is 2. The largest absolute Gasteiger partial charge is 0.309 e. The van der Waals surface area contributed by atoms with Gasteiger partial charge in [0.15, 0.2) is 16.1 Å². The number of thiophene rings is 2. The first kappa shape index (κ1) is 49.3. The second kappa shape index (κ2) is 20.2.